The number of benzene rings is 1. The Morgan fingerprint density at radius 3 is 2.87 bits per heavy atom. The number of nitrogens with zero attached hydrogens (tertiary/aromatic N) is 2. The SMILES string of the molecule is CN(Cc1cc2ccccc2o1)C(=O)/C=C/c1ccc(N)nc1. The molecule has 2 heterocycles. The van der Waals surface area contributed by atoms with Gasteiger partial charge in [-0.1, -0.05) is 18.2 Å². The summed E-state index contributed by atoms with van der Waals surface area (Å²) in [6.07, 6.45) is 4.85. The van der Waals surface area contributed by atoms with E-state index in [0.717, 1.165) is 22.3 Å². The van der Waals surface area contributed by atoms with Crippen LogP contribution in [0.15, 0.2) is 59.2 Å². The number of nitrogens with two attached hydrogens (primary N) is 1. The Labute approximate surface area is 134 Å². The molecule has 0 spiro atoms. The number of hydrogen-bond donors (Lipinski definition) is 1. The highest BCUT2D eigenvalue weighted by Crippen LogP contribution is 2.19. The van der Waals surface area contributed by atoms with Crippen molar-refractivity contribution in [3.8, 4) is 0 Å². The van der Waals surface area contributed by atoms with Crippen LogP contribution in [0.1, 0.15) is 11.3 Å². The number of carbonyl (C=O) groups is 1. The summed E-state index contributed by atoms with van der Waals surface area (Å²) in [6, 6.07) is 13.2. The number of amides is 1. The van der Waals surface area contributed by atoms with Crippen molar-refractivity contribution in [2.45, 2.75) is 6.54 Å². The van der Waals surface area contributed by atoms with Crippen LogP contribution in [0.4, 0.5) is 5.82 Å². The Kier molecular flexibility index (Phi) is 4.10. The predicted octanol–water partition coefficient (Wildman–Crippen LogP) is 3.08. The zero-order valence-corrected chi connectivity index (χ0v) is 12.8. The Morgan fingerprint density at radius 2 is 2.13 bits per heavy atom. The monoisotopic (exact) mass is 307 g/mol. The van der Waals surface area contributed by atoms with E-state index >= 15 is 0 Å². The van der Waals surface area contributed by atoms with Gasteiger partial charge in [0.1, 0.15) is 17.2 Å². The van der Waals surface area contributed by atoms with E-state index in [9.17, 15) is 4.79 Å². The van der Waals surface area contributed by atoms with Gasteiger partial charge in [-0.15, -0.1) is 0 Å². The minimum Gasteiger partial charge on any atom is -0.459 e. The van der Waals surface area contributed by atoms with Crippen molar-refractivity contribution in [2.24, 2.45) is 0 Å². The fourth-order valence-electron chi connectivity index (χ4n) is 2.24. The third kappa shape index (κ3) is 3.58. The van der Waals surface area contributed by atoms with Crippen LogP contribution in [0.5, 0.6) is 0 Å². The summed E-state index contributed by atoms with van der Waals surface area (Å²) in [6.45, 7) is 0.415. The average Bonchev–Trinajstić information content (AvgIpc) is 2.96. The average molecular weight is 307 g/mol. The molecule has 116 valence electrons. The Balaban J connectivity index is 1.66. The standard InChI is InChI=1S/C18H17N3O2/c1-21(12-15-10-14-4-2-3-5-16(14)23-15)18(22)9-7-13-6-8-17(19)20-11-13/h2-11H,12H2,1H3,(H2,19,20)/b9-7+. The van der Waals surface area contributed by atoms with Crippen LogP contribution in [0, 0.1) is 0 Å². The highest BCUT2D eigenvalue weighted by molar-refractivity contribution is 5.91. The molecule has 0 saturated carbocycles. The van der Waals surface area contributed by atoms with Crippen molar-refractivity contribution >= 4 is 28.8 Å². The topological polar surface area (TPSA) is 72.4 Å². The quantitative estimate of drug-likeness (QED) is 0.752. The van der Waals surface area contributed by atoms with Crippen molar-refractivity contribution in [1.82, 2.24) is 9.88 Å². The van der Waals surface area contributed by atoms with E-state index in [1.807, 2.05) is 36.4 Å². The van der Waals surface area contributed by atoms with Gasteiger partial charge >= 0.3 is 0 Å². The maximum Gasteiger partial charge on any atom is 0.246 e. The minimum absolute atomic E-state index is 0.109. The molecule has 3 aromatic rings. The molecule has 5 nitrogen and oxygen atoms in total. The van der Waals surface area contributed by atoms with Crippen molar-refractivity contribution in [2.75, 3.05) is 12.8 Å². The highest BCUT2D eigenvalue weighted by Gasteiger charge is 2.09. The summed E-state index contributed by atoms with van der Waals surface area (Å²) < 4.78 is 5.72. The fourth-order valence-corrected chi connectivity index (χ4v) is 2.24. The number of para-hydroxylation sites is 1. The van der Waals surface area contributed by atoms with Crippen molar-refractivity contribution < 1.29 is 9.21 Å². The zero-order chi connectivity index (χ0) is 16.2. The van der Waals surface area contributed by atoms with Crippen LogP contribution >= 0.6 is 0 Å². The number of aromatic nitrogens is 1. The Morgan fingerprint density at radius 1 is 1.30 bits per heavy atom. The summed E-state index contributed by atoms with van der Waals surface area (Å²) in [5.74, 6) is 1.10. The third-order valence-corrected chi connectivity index (χ3v) is 3.47. The van der Waals surface area contributed by atoms with Crippen LogP contribution < -0.4 is 5.73 Å². The number of likely N-dealkylation sites (N-methyl/N-ethyl adjacent to an activating group) is 1. The van der Waals surface area contributed by atoms with Crippen LogP contribution in [0.25, 0.3) is 17.0 Å². The lowest BCUT2D eigenvalue weighted by molar-refractivity contribution is -0.125. The Hall–Kier alpha value is -3.08. The van der Waals surface area contributed by atoms with E-state index < -0.39 is 0 Å². The first-order valence-corrected chi connectivity index (χ1v) is 7.24. The molecule has 3 rings (SSSR count). The van der Waals surface area contributed by atoms with Crippen molar-refractivity contribution in [1.29, 1.82) is 0 Å². The zero-order valence-electron chi connectivity index (χ0n) is 12.8. The first kappa shape index (κ1) is 14.8. The molecule has 0 aliphatic carbocycles. The van der Waals surface area contributed by atoms with Crippen LogP contribution in [-0.4, -0.2) is 22.8 Å². The maximum atomic E-state index is 12.2. The predicted molar refractivity (Wildman–Crippen MR) is 90.4 cm³/mol. The van der Waals surface area contributed by atoms with Crippen LogP contribution in [-0.2, 0) is 11.3 Å². The summed E-state index contributed by atoms with van der Waals surface area (Å²) in [5, 5.41) is 1.03. The van der Waals surface area contributed by atoms with Gasteiger partial charge in [0.2, 0.25) is 5.91 Å². The van der Waals surface area contributed by atoms with E-state index in [2.05, 4.69) is 4.98 Å². The molecule has 0 aliphatic rings. The molecule has 0 unspecified atom stereocenters. The van der Waals surface area contributed by atoms with E-state index in [4.69, 9.17) is 10.2 Å². The molecule has 2 N–H and O–H groups in total. The van der Waals surface area contributed by atoms with E-state index in [1.54, 1.807) is 30.3 Å². The molecule has 0 radical (unpaired) electrons. The molecule has 5 heteroatoms. The lowest BCUT2D eigenvalue weighted by Gasteiger charge is -2.12. The molecular formula is C18H17N3O2. The van der Waals surface area contributed by atoms with Gasteiger partial charge in [0.25, 0.3) is 0 Å². The third-order valence-electron chi connectivity index (χ3n) is 3.47. The Bertz CT molecular complexity index is 817. The number of pyridine rings is 1. The number of hydrogen-bond acceptors (Lipinski definition) is 4. The van der Waals surface area contributed by atoms with Crippen LogP contribution in [0.2, 0.25) is 0 Å². The number of rotatable bonds is 4. The second kappa shape index (κ2) is 6.36. The molecule has 0 bridgehead atoms. The normalized spacial score (nSPS) is 11.2. The molecule has 0 saturated heterocycles. The molecule has 0 atom stereocenters. The number of fused-ring (bicyclic) bond motifs is 1. The number of nitrogen functional groups attached to an aromatic ring is 1. The van der Waals surface area contributed by atoms with Gasteiger partial charge in [0.05, 0.1) is 6.54 Å². The second-order valence-corrected chi connectivity index (χ2v) is 5.29. The van der Waals surface area contributed by atoms with Gasteiger partial charge in [0.15, 0.2) is 0 Å². The van der Waals surface area contributed by atoms with Gasteiger partial charge in [-0.25, -0.2) is 4.98 Å². The van der Waals surface area contributed by atoms with Gasteiger partial charge in [-0.05, 0) is 35.9 Å². The largest absolute Gasteiger partial charge is 0.459 e. The smallest absolute Gasteiger partial charge is 0.246 e. The van der Waals surface area contributed by atoms with Gasteiger partial charge in [0, 0.05) is 24.7 Å². The second-order valence-electron chi connectivity index (χ2n) is 5.29. The molecule has 1 aromatic carbocycles. The molecule has 0 fully saturated rings. The highest BCUT2D eigenvalue weighted by atomic mass is 16.3. The molecule has 0 aliphatic heterocycles. The van der Waals surface area contributed by atoms with E-state index in [0.29, 0.717) is 12.4 Å². The van der Waals surface area contributed by atoms with E-state index in [1.165, 1.54) is 6.08 Å². The molecule has 2 aromatic heterocycles. The van der Waals surface area contributed by atoms with Gasteiger partial charge < -0.3 is 15.1 Å². The molecule has 1 amide bonds. The summed E-state index contributed by atoms with van der Waals surface area (Å²) in [5.41, 5.74) is 7.18. The van der Waals surface area contributed by atoms with Crippen molar-refractivity contribution in [3.05, 3.63) is 66.1 Å². The van der Waals surface area contributed by atoms with Gasteiger partial charge in [-0.2, -0.15) is 0 Å². The molecular weight excluding hydrogens is 290 g/mol. The van der Waals surface area contributed by atoms with E-state index in [-0.39, 0.29) is 5.91 Å². The minimum atomic E-state index is -0.109. The molecule has 23 heavy (non-hydrogen) atoms. The summed E-state index contributed by atoms with van der Waals surface area (Å²) in [7, 11) is 1.74. The lowest BCUT2D eigenvalue weighted by atomic mass is 10.2. The maximum absolute atomic E-state index is 12.2. The summed E-state index contributed by atoms with van der Waals surface area (Å²) >= 11 is 0. The number of anilines is 1. The number of furan rings is 1. The van der Waals surface area contributed by atoms with Crippen molar-refractivity contribution in [3.63, 3.8) is 0 Å². The lowest BCUT2D eigenvalue weighted by Crippen LogP contribution is -2.23. The number of carbonyl (C=O) groups excluding carboxylic acids is 1. The first-order valence-electron chi connectivity index (χ1n) is 7.24. The first-order chi connectivity index (χ1) is 11.1. The van der Waals surface area contributed by atoms with Crippen LogP contribution in [0.3, 0.4) is 0 Å². The summed E-state index contributed by atoms with van der Waals surface area (Å²) in [4.78, 5) is 17.7. The fraction of sp³-hybridized carbons (Fsp3) is 0.111. The van der Waals surface area contributed by atoms with Gasteiger partial charge in [-0.3, -0.25) is 4.79 Å².